The number of carbonyl (C=O) groups excluding carboxylic acids is 1. The van der Waals surface area contributed by atoms with Gasteiger partial charge in [-0.05, 0) is 55.3 Å². The Morgan fingerprint density at radius 3 is 2.59 bits per heavy atom. The van der Waals surface area contributed by atoms with Crippen LogP contribution in [-0.2, 0) is 11.3 Å². The van der Waals surface area contributed by atoms with Gasteiger partial charge in [-0.15, -0.1) is 0 Å². The average molecular weight is 457 g/mol. The van der Waals surface area contributed by atoms with Gasteiger partial charge in [-0.2, -0.15) is 4.98 Å². The third-order valence-electron chi connectivity index (χ3n) is 6.08. The van der Waals surface area contributed by atoms with Crippen LogP contribution >= 0.6 is 0 Å². The fourth-order valence-corrected chi connectivity index (χ4v) is 4.34. The first-order chi connectivity index (χ1) is 16.7. The standard InChI is InChI=1S/C27H25FN4O2/c28-22-14-12-20(13-15-22)26-30-25(34-31-26)18-32-16-6-9-21(17-32)27(33)29-24-11-5-4-10-23(24)19-7-2-1-3-8-19/h1-5,7-8,10-15,21H,6,9,16-18H2,(H,29,33). The second-order valence-corrected chi connectivity index (χ2v) is 8.49. The molecular weight excluding hydrogens is 431 g/mol. The summed E-state index contributed by atoms with van der Waals surface area (Å²) in [5.41, 5.74) is 3.58. The number of anilines is 1. The monoisotopic (exact) mass is 456 g/mol. The van der Waals surface area contributed by atoms with Crippen molar-refractivity contribution in [3.05, 3.63) is 90.6 Å². The second kappa shape index (κ2) is 9.97. The van der Waals surface area contributed by atoms with Gasteiger partial charge in [-0.1, -0.05) is 53.7 Å². The van der Waals surface area contributed by atoms with Crippen molar-refractivity contribution in [2.24, 2.45) is 5.92 Å². The number of rotatable bonds is 6. The van der Waals surface area contributed by atoms with E-state index in [4.69, 9.17) is 4.52 Å². The molecule has 34 heavy (non-hydrogen) atoms. The largest absolute Gasteiger partial charge is 0.338 e. The number of piperidine rings is 1. The van der Waals surface area contributed by atoms with Crippen molar-refractivity contribution in [2.75, 3.05) is 18.4 Å². The molecule has 0 saturated carbocycles. The van der Waals surface area contributed by atoms with Crippen molar-refractivity contribution >= 4 is 11.6 Å². The number of amides is 1. The van der Waals surface area contributed by atoms with E-state index in [1.54, 1.807) is 12.1 Å². The van der Waals surface area contributed by atoms with E-state index in [9.17, 15) is 9.18 Å². The summed E-state index contributed by atoms with van der Waals surface area (Å²) in [5.74, 6) is 0.493. The van der Waals surface area contributed by atoms with Crippen LogP contribution in [-0.4, -0.2) is 34.0 Å². The minimum atomic E-state index is -0.309. The molecule has 1 aromatic heterocycles. The first-order valence-corrected chi connectivity index (χ1v) is 11.4. The third kappa shape index (κ3) is 5.05. The zero-order valence-electron chi connectivity index (χ0n) is 18.7. The summed E-state index contributed by atoms with van der Waals surface area (Å²) in [5, 5.41) is 7.16. The van der Waals surface area contributed by atoms with E-state index < -0.39 is 0 Å². The Morgan fingerprint density at radius 2 is 1.76 bits per heavy atom. The maximum atomic E-state index is 13.2. The molecule has 5 rings (SSSR count). The Balaban J connectivity index is 1.23. The second-order valence-electron chi connectivity index (χ2n) is 8.49. The molecule has 0 spiro atoms. The van der Waals surface area contributed by atoms with Crippen molar-refractivity contribution in [3.8, 4) is 22.5 Å². The van der Waals surface area contributed by atoms with Gasteiger partial charge in [-0.3, -0.25) is 9.69 Å². The molecule has 7 heteroatoms. The van der Waals surface area contributed by atoms with Crippen LogP contribution in [0.25, 0.3) is 22.5 Å². The maximum Gasteiger partial charge on any atom is 0.241 e. The third-order valence-corrected chi connectivity index (χ3v) is 6.08. The fourth-order valence-electron chi connectivity index (χ4n) is 4.34. The highest BCUT2D eigenvalue weighted by molar-refractivity contribution is 5.97. The van der Waals surface area contributed by atoms with Crippen molar-refractivity contribution in [1.82, 2.24) is 15.0 Å². The van der Waals surface area contributed by atoms with E-state index in [0.717, 1.165) is 36.2 Å². The lowest BCUT2D eigenvalue weighted by atomic mass is 9.96. The van der Waals surface area contributed by atoms with Gasteiger partial charge < -0.3 is 9.84 Å². The molecule has 1 N–H and O–H groups in total. The van der Waals surface area contributed by atoms with Gasteiger partial charge in [0, 0.05) is 23.4 Å². The molecule has 0 bridgehead atoms. The molecule has 3 aromatic carbocycles. The lowest BCUT2D eigenvalue weighted by Crippen LogP contribution is -2.40. The van der Waals surface area contributed by atoms with Crippen molar-refractivity contribution in [2.45, 2.75) is 19.4 Å². The van der Waals surface area contributed by atoms with Crippen molar-refractivity contribution in [1.29, 1.82) is 0 Å². The molecule has 0 aliphatic carbocycles. The minimum Gasteiger partial charge on any atom is -0.338 e. The summed E-state index contributed by atoms with van der Waals surface area (Å²) in [4.78, 5) is 19.8. The number of hydrogen-bond acceptors (Lipinski definition) is 5. The number of nitrogens with zero attached hydrogens (tertiary/aromatic N) is 3. The van der Waals surface area contributed by atoms with E-state index in [1.807, 2.05) is 54.6 Å². The summed E-state index contributed by atoms with van der Waals surface area (Å²) < 4.78 is 18.6. The Labute approximate surface area is 197 Å². The van der Waals surface area contributed by atoms with Gasteiger partial charge in [0.05, 0.1) is 12.5 Å². The van der Waals surface area contributed by atoms with Gasteiger partial charge in [0.2, 0.25) is 17.6 Å². The Kier molecular flexibility index (Phi) is 6.44. The number of benzene rings is 3. The molecule has 1 saturated heterocycles. The summed E-state index contributed by atoms with van der Waals surface area (Å²) in [6.07, 6.45) is 1.75. The smallest absolute Gasteiger partial charge is 0.241 e. The van der Waals surface area contributed by atoms with Gasteiger partial charge in [0.1, 0.15) is 5.82 Å². The number of nitrogens with one attached hydrogen (secondary N) is 1. The van der Waals surface area contributed by atoms with Crippen LogP contribution in [0.15, 0.2) is 83.4 Å². The van der Waals surface area contributed by atoms with Crippen LogP contribution in [0.1, 0.15) is 18.7 Å². The number of hydrogen-bond donors (Lipinski definition) is 1. The van der Waals surface area contributed by atoms with E-state index in [1.165, 1.54) is 12.1 Å². The zero-order chi connectivity index (χ0) is 23.3. The normalized spacial score (nSPS) is 16.3. The molecule has 1 amide bonds. The summed E-state index contributed by atoms with van der Waals surface area (Å²) in [6.45, 7) is 1.95. The number of likely N-dealkylation sites (tertiary alicyclic amines) is 1. The number of halogens is 1. The van der Waals surface area contributed by atoms with Crippen LogP contribution in [0.2, 0.25) is 0 Å². The Hall–Kier alpha value is -3.84. The quantitative estimate of drug-likeness (QED) is 0.421. The number of para-hydroxylation sites is 1. The predicted molar refractivity (Wildman–Crippen MR) is 128 cm³/mol. The van der Waals surface area contributed by atoms with Crippen LogP contribution < -0.4 is 5.32 Å². The highest BCUT2D eigenvalue weighted by Crippen LogP contribution is 2.29. The molecule has 1 atom stereocenters. The molecule has 0 radical (unpaired) electrons. The molecule has 1 aliphatic rings. The van der Waals surface area contributed by atoms with Crippen LogP contribution in [0.3, 0.4) is 0 Å². The van der Waals surface area contributed by atoms with Crippen molar-refractivity contribution in [3.63, 3.8) is 0 Å². The molecule has 4 aromatic rings. The molecule has 1 aliphatic heterocycles. The lowest BCUT2D eigenvalue weighted by Gasteiger charge is -2.31. The van der Waals surface area contributed by atoms with Gasteiger partial charge in [-0.25, -0.2) is 4.39 Å². The molecule has 172 valence electrons. The van der Waals surface area contributed by atoms with Crippen LogP contribution in [0, 0.1) is 11.7 Å². The first kappa shape index (κ1) is 22.0. The van der Waals surface area contributed by atoms with Crippen molar-refractivity contribution < 1.29 is 13.7 Å². The van der Waals surface area contributed by atoms with E-state index in [-0.39, 0.29) is 17.6 Å². The van der Waals surface area contributed by atoms with E-state index in [0.29, 0.717) is 30.4 Å². The molecular formula is C27H25FN4O2. The molecule has 2 heterocycles. The lowest BCUT2D eigenvalue weighted by molar-refractivity contribution is -0.121. The van der Waals surface area contributed by atoms with E-state index in [2.05, 4.69) is 20.4 Å². The summed E-state index contributed by atoms with van der Waals surface area (Å²) in [6, 6.07) is 23.9. The average Bonchev–Trinajstić information content (AvgIpc) is 3.34. The van der Waals surface area contributed by atoms with E-state index >= 15 is 0 Å². The summed E-state index contributed by atoms with van der Waals surface area (Å²) >= 11 is 0. The Bertz CT molecular complexity index is 1260. The van der Waals surface area contributed by atoms with Crippen LogP contribution in [0.5, 0.6) is 0 Å². The Morgan fingerprint density at radius 1 is 1.00 bits per heavy atom. The number of carbonyl (C=O) groups is 1. The first-order valence-electron chi connectivity index (χ1n) is 11.4. The zero-order valence-corrected chi connectivity index (χ0v) is 18.7. The highest BCUT2D eigenvalue weighted by Gasteiger charge is 2.27. The van der Waals surface area contributed by atoms with Crippen LogP contribution in [0.4, 0.5) is 10.1 Å². The summed E-state index contributed by atoms with van der Waals surface area (Å²) in [7, 11) is 0. The molecule has 6 nitrogen and oxygen atoms in total. The fraction of sp³-hybridized carbons (Fsp3) is 0.222. The minimum absolute atomic E-state index is 0.0191. The van der Waals surface area contributed by atoms with Gasteiger partial charge >= 0.3 is 0 Å². The maximum absolute atomic E-state index is 13.2. The van der Waals surface area contributed by atoms with Gasteiger partial charge in [0.15, 0.2) is 0 Å². The van der Waals surface area contributed by atoms with Gasteiger partial charge in [0.25, 0.3) is 0 Å². The molecule has 1 unspecified atom stereocenters. The predicted octanol–water partition coefficient (Wildman–Crippen LogP) is 5.39. The number of aromatic nitrogens is 2. The SMILES string of the molecule is O=C(Nc1ccccc1-c1ccccc1)C1CCCN(Cc2nc(-c3ccc(F)cc3)no2)C1. The highest BCUT2D eigenvalue weighted by atomic mass is 19.1. The topological polar surface area (TPSA) is 71.3 Å². The molecule has 1 fully saturated rings.